The van der Waals surface area contributed by atoms with Gasteiger partial charge in [0.1, 0.15) is 0 Å². The number of hydrogen-bond donors (Lipinski definition) is 0. The van der Waals surface area contributed by atoms with E-state index >= 15 is 0 Å². The van der Waals surface area contributed by atoms with Crippen LogP contribution in [0.1, 0.15) is 50.8 Å². The molecule has 0 spiro atoms. The van der Waals surface area contributed by atoms with Crippen molar-refractivity contribution in [2.75, 3.05) is 0 Å². The Hall–Kier alpha value is -1.44. The van der Waals surface area contributed by atoms with E-state index in [0.717, 1.165) is 16.6 Å². The van der Waals surface area contributed by atoms with Crippen LogP contribution in [0.4, 0.5) is 0 Å². The Balaban J connectivity index is 2.68. The first-order valence-electron chi connectivity index (χ1n) is 5.84. The first-order chi connectivity index (χ1) is 7.59. The van der Waals surface area contributed by atoms with E-state index in [1.807, 2.05) is 12.4 Å². The first kappa shape index (κ1) is 11.1. The van der Waals surface area contributed by atoms with Gasteiger partial charge in [-0.15, -0.1) is 0 Å². The average Bonchev–Trinajstić information content (AvgIpc) is 2.27. The molecule has 0 aliphatic rings. The van der Waals surface area contributed by atoms with Crippen LogP contribution in [0.2, 0.25) is 0 Å². The first-order valence-corrected chi connectivity index (χ1v) is 5.84. The molecule has 0 N–H and O–H groups in total. The fraction of sp³-hybridized carbons (Fsp3) is 0.429. The summed E-state index contributed by atoms with van der Waals surface area (Å²) in [6.07, 6.45) is 3.82. The van der Waals surface area contributed by atoms with Crippen LogP contribution in [0, 0.1) is 0 Å². The molecule has 2 heteroatoms. The second-order valence-corrected chi connectivity index (χ2v) is 4.85. The summed E-state index contributed by atoms with van der Waals surface area (Å²) < 4.78 is 0. The molecule has 84 valence electrons. The lowest BCUT2D eigenvalue weighted by Crippen LogP contribution is -1.98. The summed E-state index contributed by atoms with van der Waals surface area (Å²) >= 11 is 0. The predicted octanol–water partition coefficient (Wildman–Crippen LogP) is 3.88. The summed E-state index contributed by atoms with van der Waals surface area (Å²) in [5.74, 6) is 0.934. The van der Waals surface area contributed by atoms with Crippen LogP contribution in [0.3, 0.4) is 0 Å². The van der Waals surface area contributed by atoms with Gasteiger partial charge in [-0.2, -0.15) is 0 Å². The van der Waals surface area contributed by atoms with Gasteiger partial charge in [0.2, 0.25) is 0 Å². The third-order valence-electron chi connectivity index (χ3n) is 2.86. The summed E-state index contributed by atoms with van der Waals surface area (Å²) in [6, 6.07) is 4.22. The molecule has 16 heavy (non-hydrogen) atoms. The second kappa shape index (κ2) is 4.20. The van der Waals surface area contributed by atoms with Crippen LogP contribution in [-0.4, -0.2) is 9.97 Å². The minimum absolute atomic E-state index is 0.464. The Morgan fingerprint density at radius 1 is 0.938 bits per heavy atom. The third-order valence-corrected chi connectivity index (χ3v) is 2.86. The largest absolute Gasteiger partial charge is 0.264 e. The normalized spacial score (nSPS) is 11.6. The highest BCUT2D eigenvalue weighted by atomic mass is 14.7. The Bertz CT molecular complexity index is 501. The zero-order valence-electron chi connectivity index (χ0n) is 10.4. The standard InChI is InChI=1S/C14H18N2/c1-9(2)12-8-15-7-11-5-6-13(10(3)4)16-14(11)12/h5-10H,1-4H3. The van der Waals surface area contributed by atoms with Crippen LogP contribution in [-0.2, 0) is 0 Å². The second-order valence-electron chi connectivity index (χ2n) is 4.85. The van der Waals surface area contributed by atoms with Crippen molar-refractivity contribution in [3.05, 3.63) is 35.8 Å². The molecule has 0 aromatic carbocycles. The lowest BCUT2D eigenvalue weighted by molar-refractivity contribution is 0.822. The predicted molar refractivity (Wildman–Crippen MR) is 67.7 cm³/mol. The Morgan fingerprint density at radius 2 is 1.69 bits per heavy atom. The topological polar surface area (TPSA) is 25.8 Å². The summed E-state index contributed by atoms with van der Waals surface area (Å²) in [5, 5.41) is 1.13. The molecule has 0 saturated heterocycles. The van der Waals surface area contributed by atoms with E-state index in [-0.39, 0.29) is 0 Å². The van der Waals surface area contributed by atoms with Gasteiger partial charge in [-0.3, -0.25) is 9.97 Å². The van der Waals surface area contributed by atoms with E-state index in [2.05, 4.69) is 44.8 Å². The Morgan fingerprint density at radius 3 is 2.31 bits per heavy atom. The monoisotopic (exact) mass is 214 g/mol. The smallest absolute Gasteiger partial charge is 0.0770 e. The van der Waals surface area contributed by atoms with Crippen molar-refractivity contribution < 1.29 is 0 Å². The van der Waals surface area contributed by atoms with Gasteiger partial charge in [-0.05, 0) is 29.5 Å². The van der Waals surface area contributed by atoms with Gasteiger partial charge in [-0.1, -0.05) is 27.7 Å². The van der Waals surface area contributed by atoms with Gasteiger partial charge in [-0.25, -0.2) is 0 Å². The molecule has 0 saturated carbocycles. The highest BCUT2D eigenvalue weighted by Gasteiger charge is 2.09. The summed E-state index contributed by atoms with van der Waals surface area (Å²) in [5.41, 5.74) is 3.50. The molecule has 0 amide bonds. The molecule has 2 aromatic rings. The van der Waals surface area contributed by atoms with Crippen LogP contribution < -0.4 is 0 Å². The fourth-order valence-corrected chi connectivity index (χ4v) is 1.82. The maximum atomic E-state index is 4.76. The van der Waals surface area contributed by atoms with Crippen molar-refractivity contribution in [3.63, 3.8) is 0 Å². The highest BCUT2D eigenvalue weighted by Crippen LogP contribution is 2.24. The molecule has 2 heterocycles. The third kappa shape index (κ3) is 1.92. The molecular formula is C14H18N2. The Kier molecular flexibility index (Phi) is 2.90. The van der Waals surface area contributed by atoms with Crippen LogP contribution in [0.15, 0.2) is 24.5 Å². The van der Waals surface area contributed by atoms with Gasteiger partial charge >= 0.3 is 0 Å². The van der Waals surface area contributed by atoms with Gasteiger partial charge in [0.25, 0.3) is 0 Å². The molecule has 0 bridgehead atoms. The molecule has 2 nitrogen and oxygen atoms in total. The van der Waals surface area contributed by atoms with E-state index in [1.54, 1.807) is 0 Å². The number of fused-ring (bicyclic) bond motifs is 1. The molecule has 0 unspecified atom stereocenters. The number of nitrogens with zero attached hydrogens (tertiary/aromatic N) is 2. The minimum Gasteiger partial charge on any atom is -0.264 e. The highest BCUT2D eigenvalue weighted by molar-refractivity contribution is 5.81. The fourth-order valence-electron chi connectivity index (χ4n) is 1.82. The van der Waals surface area contributed by atoms with Crippen molar-refractivity contribution in [3.8, 4) is 0 Å². The number of pyridine rings is 2. The molecule has 0 radical (unpaired) electrons. The lowest BCUT2D eigenvalue weighted by atomic mass is 10.0. The maximum absolute atomic E-state index is 4.76. The van der Waals surface area contributed by atoms with Gasteiger partial charge in [0, 0.05) is 23.5 Å². The lowest BCUT2D eigenvalue weighted by Gasteiger charge is -2.11. The summed E-state index contributed by atoms with van der Waals surface area (Å²) in [4.78, 5) is 9.02. The zero-order chi connectivity index (χ0) is 11.7. The minimum atomic E-state index is 0.464. The van der Waals surface area contributed by atoms with E-state index in [0.29, 0.717) is 11.8 Å². The van der Waals surface area contributed by atoms with E-state index in [9.17, 15) is 0 Å². The van der Waals surface area contributed by atoms with Crippen LogP contribution in [0.5, 0.6) is 0 Å². The SMILES string of the molecule is CC(C)c1ccc2cncc(C(C)C)c2n1. The Labute approximate surface area is 96.7 Å². The van der Waals surface area contributed by atoms with Gasteiger partial charge in [0.15, 0.2) is 0 Å². The molecule has 0 aliphatic carbocycles. The maximum Gasteiger partial charge on any atom is 0.0770 e. The van der Waals surface area contributed by atoms with E-state index in [1.165, 1.54) is 5.56 Å². The molecule has 0 aliphatic heterocycles. The van der Waals surface area contributed by atoms with Crippen molar-refractivity contribution in [2.24, 2.45) is 0 Å². The van der Waals surface area contributed by atoms with E-state index in [4.69, 9.17) is 4.98 Å². The van der Waals surface area contributed by atoms with Crippen molar-refractivity contribution in [1.82, 2.24) is 9.97 Å². The van der Waals surface area contributed by atoms with Crippen molar-refractivity contribution in [1.29, 1.82) is 0 Å². The van der Waals surface area contributed by atoms with Gasteiger partial charge in [0.05, 0.1) is 5.52 Å². The van der Waals surface area contributed by atoms with Crippen molar-refractivity contribution in [2.45, 2.75) is 39.5 Å². The zero-order valence-corrected chi connectivity index (χ0v) is 10.4. The summed E-state index contributed by atoms with van der Waals surface area (Å²) in [6.45, 7) is 8.70. The van der Waals surface area contributed by atoms with Crippen molar-refractivity contribution >= 4 is 10.9 Å². The van der Waals surface area contributed by atoms with Gasteiger partial charge < -0.3 is 0 Å². The number of aromatic nitrogens is 2. The number of rotatable bonds is 2. The molecule has 2 aromatic heterocycles. The van der Waals surface area contributed by atoms with Crippen LogP contribution in [0.25, 0.3) is 10.9 Å². The quantitative estimate of drug-likeness (QED) is 0.758. The van der Waals surface area contributed by atoms with Crippen LogP contribution >= 0.6 is 0 Å². The molecule has 0 fully saturated rings. The average molecular weight is 214 g/mol. The molecular weight excluding hydrogens is 196 g/mol. The number of hydrogen-bond acceptors (Lipinski definition) is 2. The molecule has 2 rings (SSSR count). The van der Waals surface area contributed by atoms with E-state index < -0.39 is 0 Å². The molecule has 0 atom stereocenters. The summed E-state index contributed by atoms with van der Waals surface area (Å²) in [7, 11) is 0.